The lowest BCUT2D eigenvalue weighted by molar-refractivity contribution is -0.0769. The van der Waals surface area contributed by atoms with Gasteiger partial charge in [0.25, 0.3) is 0 Å². The molecule has 1 nitrogen and oxygen atoms in total. The van der Waals surface area contributed by atoms with Gasteiger partial charge in [0.1, 0.15) is 0 Å². The Hall–Kier alpha value is -1.63. The summed E-state index contributed by atoms with van der Waals surface area (Å²) in [6, 6.07) is 15.9. The van der Waals surface area contributed by atoms with Crippen LogP contribution in [0.15, 0.2) is 54.9 Å². The molecule has 1 heterocycles. The standard InChI is InChI=1S/C24H29N/c1-2-6-22(7-3-1)24-16-20-13-21(17-24)15-23(14-20,18-24)10-4-5-19-8-11-25-12-9-19/h1-3,6-9,11-12,20-21H,4-5,10,13-18H2. The lowest BCUT2D eigenvalue weighted by atomic mass is 9.42. The molecule has 25 heavy (non-hydrogen) atoms. The van der Waals surface area contributed by atoms with Crippen molar-refractivity contribution in [3.05, 3.63) is 66.0 Å². The van der Waals surface area contributed by atoms with Gasteiger partial charge >= 0.3 is 0 Å². The first-order valence-electron chi connectivity index (χ1n) is 10.2. The summed E-state index contributed by atoms with van der Waals surface area (Å²) in [4.78, 5) is 4.15. The van der Waals surface area contributed by atoms with E-state index in [4.69, 9.17) is 0 Å². The third-order valence-electron chi connectivity index (χ3n) is 7.49. The summed E-state index contributed by atoms with van der Waals surface area (Å²) in [5, 5.41) is 0. The van der Waals surface area contributed by atoms with Crippen molar-refractivity contribution in [1.29, 1.82) is 0 Å². The van der Waals surface area contributed by atoms with Crippen LogP contribution in [0.1, 0.15) is 62.5 Å². The summed E-state index contributed by atoms with van der Waals surface area (Å²) >= 11 is 0. The topological polar surface area (TPSA) is 12.9 Å². The van der Waals surface area contributed by atoms with Crippen molar-refractivity contribution in [2.75, 3.05) is 0 Å². The maximum absolute atomic E-state index is 4.15. The largest absolute Gasteiger partial charge is 0.265 e. The predicted octanol–water partition coefficient (Wildman–Crippen LogP) is 5.94. The Bertz CT molecular complexity index is 706. The Kier molecular flexibility index (Phi) is 3.73. The fourth-order valence-electron chi connectivity index (χ4n) is 7.09. The number of pyridine rings is 1. The highest BCUT2D eigenvalue weighted by molar-refractivity contribution is 5.30. The molecule has 0 aliphatic heterocycles. The molecule has 4 saturated carbocycles. The summed E-state index contributed by atoms with van der Waals surface area (Å²) in [5.41, 5.74) is 4.23. The number of nitrogens with zero attached hydrogens (tertiary/aromatic N) is 1. The van der Waals surface area contributed by atoms with Gasteiger partial charge in [0.15, 0.2) is 0 Å². The average Bonchev–Trinajstić information content (AvgIpc) is 2.62. The summed E-state index contributed by atoms with van der Waals surface area (Å²) in [6.07, 6.45) is 16.8. The number of aryl methyl sites for hydroxylation is 1. The highest BCUT2D eigenvalue weighted by Gasteiger charge is 2.57. The number of benzene rings is 1. The Morgan fingerprint density at radius 2 is 1.60 bits per heavy atom. The number of hydrogen-bond donors (Lipinski definition) is 0. The fourth-order valence-corrected chi connectivity index (χ4v) is 7.09. The first kappa shape index (κ1) is 15.6. The Morgan fingerprint density at radius 1 is 0.880 bits per heavy atom. The molecule has 130 valence electrons. The van der Waals surface area contributed by atoms with Gasteiger partial charge in [-0.15, -0.1) is 0 Å². The van der Waals surface area contributed by atoms with Crippen molar-refractivity contribution in [1.82, 2.24) is 4.98 Å². The molecule has 0 radical (unpaired) electrons. The Morgan fingerprint density at radius 3 is 2.32 bits per heavy atom. The smallest absolute Gasteiger partial charge is 0.0270 e. The van der Waals surface area contributed by atoms with Gasteiger partial charge in [-0.05, 0) is 104 Å². The fraction of sp³-hybridized carbons (Fsp3) is 0.542. The molecule has 0 N–H and O–H groups in total. The van der Waals surface area contributed by atoms with E-state index >= 15 is 0 Å². The van der Waals surface area contributed by atoms with Gasteiger partial charge in [0.2, 0.25) is 0 Å². The normalized spacial score (nSPS) is 35.8. The molecule has 4 fully saturated rings. The van der Waals surface area contributed by atoms with Crippen LogP contribution >= 0.6 is 0 Å². The van der Waals surface area contributed by atoms with Crippen LogP contribution in [0.3, 0.4) is 0 Å². The summed E-state index contributed by atoms with van der Waals surface area (Å²) in [5.74, 6) is 1.98. The summed E-state index contributed by atoms with van der Waals surface area (Å²) in [7, 11) is 0. The quantitative estimate of drug-likeness (QED) is 0.660. The van der Waals surface area contributed by atoms with Crippen LogP contribution < -0.4 is 0 Å². The van der Waals surface area contributed by atoms with Crippen molar-refractivity contribution in [2.24, 2.45) is 17.3 Å². The number of rotatable bonds is 5. The Balaban J connectivity index is 1.35. The molecule has 4 aliphatic rings. The molecule has 4 bridgehead atoms. The van der Waals surface area contributed by atoms with Crippen LogP contribution in [0.25, 0.3) is 0 Å². The maximum atomic E-state index is 4.15. The van der Waals surface area contributed by atoms with E-state index in [1.165, 1.54) is 63.4 Å². The zero-order valence-electron chi connectivity index (χ0n) is 15.2. The van der Waals surface area contributed by atoms with Crippen molar-refractivity contribution in [2.45, 2.75) is 63.2 Å². The zero-order valence-corrected chi connectivity index (χ0v) is 15.2. The average molecular weight is 332 g/mol. The van der Waals surface area contributed by atoms with Crippen molar-refractivity contribution >= 4 is 0 Å². The second-order valence-electron chi connectivity index (χ2n) is 9.32. The van der Waals surface area contributed by atoms with E-state index in [-0.39, 0.29) is 0 Å². The molecule has 1 aromatic heterocycles. The molecular weight excluding hydrogens is 302 g/mol. The molecule has 2 unspecified atom stereocenters. The monoisotopic (exact) mass is 331 g/mol. The second-order valence-corrected chi connectivity index (χ2v) is 9.32. The van der Waals surface area contributed by atoms with E-state index in [1.807, 2.05) is 12.4 Å². The minimum Gasteiger partial charge on any atom is -0.265 e. The van der Waals surface area contributed by atoms with Crippen LogP contribution in [0, 0.1) is 17.3 Å². The minimum absolute atomic E-state index is 0.502. The van der Waals surface area contributed by atoms with Gasteiger partial charge in [-0.2, -0.15) is 0 Å². The van der Waals surface area contributed by atoms with Crippen molar-refractivity contribution in [3.8, 4) is 0 Å². The van der Waals surface area contributed by atoms with E-state index in [0.717, 1.165) is 11.8 Å². The third-order valence-corrected chi connectivity index (χ3v) is 7.49. The van der Waals surface area contributed by atoms with Crippen LogP contribution in [0.2, 0.25) is 0 Å². The van der Waals surface area contributed by atoms with Crippen molar-refractivity contribution < 1.29 is 0 Å². The van der Waals surface area contributed by atoms with Gasteiger partial charge in [0.05, 0.1) is 0 Å². The van der Waals surface area contributed by atoms with Crippen LogP contribution in [0.5, 0.6) is 0 Å². The van der Waals surface area contributed by atoms with Gasteiger partial charge in [-0.1, -0.05) is 30.3 Å². The number of hydrogen-bond acceptors (Lipinski definition) is 1. The second kappa shape index (κ2) is 5.97. The van der Waals surface area contributed by atoms with Gasteiger partial charge in [-0.25, -0.2) is 0 Å². The minimum atomic E-state index is 0.502. The third kappa shape index (κ3) is 2.82. The molecule has 0 amide bonds. The molecule has 2 aromatic rings. The Labute approximate surface area is 151 Å². The van der Waals surface area contributed by atoms with Gasteiger partial charge in [0, 0.05) is 12.4 Å². The first-order chi connectivity index (χ1) is 12.3. The van der Waals surface area contributed by atoms with Gasteiger partial charge < -0.3 is 0 Å². The van der Waals surface area contributed by atoms with E-state index in [9.17, 15) is 0 Å². The molecule has 6 rings (SSSR count). The van der Waals surface area contributed by atoms with Crippen LogP contribution in [0.4, 0.5) is 0 Å². The van der Waals surface area contributed by atoms with Crippen LogP contribution in [-0.4, -0.2) is 4.98 Å². The van der Waals surface area contributed by atoms with Crippen LogP contribution in [-0.2, 0) is 11.8 Å². The SMILES string of the molecule is c1ccc(C23CC4CC(CC(CCCc5ccncc5)(C4)C2)C3)cc1. The molecule has 0 spiro atoms. The molecule has 2 atom stereocenters. The molecule has 1 aromatic carbocycles. The molecule has 4 aliphatic carbocycles. The van der Waals surface area contributed by atoms with E-state index in [2.05, 4.69) is 47.4 Å². The highest BCUT2D eigenvalue weighted by Crippen LogP contribution is 2.67. The first-order valence-corrected chi connectivity index (χ1v) is 10.2. The van der Waals surface area contributed by atoms with Crippen molar-refractivity contribution in [3.63, 3.8) is 0 Å². The maximum Gasteiger partial charge on any atom is 0.0270 e. The lowest BCUT2D eigenvalue weighted by Gasteiger charge is -2.63. The summed E-state index contributed by atoms with van der Waals surface area (Å²) in [6.45, 7) is 0. The highest BCUT2D eigenvalue weighted by atomic mass is 14.6. The van der Waals surface area contributed by atoms with E-state index < -0.39 is 0 Å². The van der Waals surface area contributed by atoms with E-state index in [1.54, 1.807) is 5.56 Å². The lowest BCUT2D eigenvalue weighted by Crippen LogP contribution is -2.54. The molecule has 1 heteroatoms. The predicted molar refractivity (Wildman–Crippen MR) is 102 cm³/mol. The zero-order chi connectivity index (χ0) is 16.7. The molecule has 0 saturated heterocycles. The van der Waals surface area contributed by atoms with Gasteiger partial charge in [-0.3, -0.25) is 4.98 Å². The van der Waals surface area contributed by atoms with E-state index in [0.29, 0.717) is 10.8 Å². The number of aromatic nitrogens is 1. The molecular formula is C24H29N. The summed E-state index contributed by atoms with van der Waals surface area (Å²) < 4.78 is 0.